The first kappa shape index (κ1) is 12.4. The van der Waals surface area contributed by atoms with Gasteiger partial charge in [-0.25, -0.2) is 0 Å². The third kappa shape index (κ3) is 3.49. The highest BCUT2D eigenvalue weighted by atomic mass is 16.1. The Balaban J connectivity index is 2.54. The molecule has 1 rings (SSSR count). The Morgan fingerprint density at radius 2 is 2.19 bits per heavy atom. The molecule has 1 heterocycles. The van der Waals surface area contributed by atoms with Crippen LogP contribution in [0.1, 0.15) is 30.8 Å². The van der Waals surface area contributed by atoms with Gasteiger partial charge in [-0.2, -0.15) is 0 Å². The van der Waals surface area contributed by atoms with E-state index in [4.69, 9.17) is 0 Å². The van der Waals surface area contributed by atoms with Crippen LogP contribution in [0.25, 0.3) is 0 Å². The SMILES string of the molecule is CCC(C)CNc1ccc(C(=O)NC)nn1. The molecule has 0 bridgehead atoms. The monoisotopic (exact) mass is 222 g/mol. The maximum atomic E-state index is 11.2. The van der Waals surface area contributed by atoms with Crippen molar-refractivity contribution in [1.82, 2.24) is 15.5 Å². The molecule has 5 nitrogen and oxygen atoms in total. The molecular weight excluding hydrogens is 204 g/mol. The molecule has 1 atom stereocenters. The molecule has 1 aromatic heterocycles. The van der Waals surface area contributed by atoms with Crippen molar-refractivity contribution in [2.24, 2.45) is 5.92 Å². The Morgan fingerprint density at radius 3 is 2.69 bits per heavy atom. The standard InChI is InChI=1S/C11H18N4O/c1-4-8(2)7-13-10-6-5-9(14-15-10)11(16)12-3/h5-6,8H,4,7H2,1-3H3,(H,12,16)(H,13,15). The predicted octanol–water partition coefficient (Wildman–Crippen LogP) is 1.29. The van der Waals surface area contributed by atoms with Crippen molar-refractivity contribution in [2.45, 2.75) is 20.3 Å². The Kier molecular flexibility index (Phi) is 4.69. The number of hydrogen-bond acceptors (Lipinski definition) is 4. The molecule has 2 N–H and O–H groups in total. The summed E-state index contributed by atoms with van der Waals surface area (Å²) in [6.45, 7) is 5.18. The van der Waals surface area contributed by atoms with E-state index in [-0.39, 0.29) is 5.91 Å². The van der Waals surface area contributed by atoms with E-state index in [1.54, 1.807) is 19.2 Å². The molecular formula is C11H18N4O. The van der Waals surface area contributed by atoms with Gasteiger partial charge in [0, 0.05) is 13.6 Å². The summed E-state index contributed by atoms with van der Waals surface area (Å²) < 4.78 is 0. The summed E-state index contributed by atoms with van der Waals surface area (Å²) in [6.07, 6.45) is 1.12. The number of hydrogen-bond donors (Lipinski definition) is 2. The van der Waals surface area contributed by atoms with Crippen LogP contribution in [0.3, 0.4) is 0 Å². The van der Waals surface area contributed by atoms with E-state index in [0.717, 1.165) is 13.0 Å². The largest absolute Gasteiger partial charge is 0.368 e. The fourth-order valence-electron chi connectivity index (χ4n) is 1.10. The summed E-state index contributed by atoms with van der Waals surface area (Å²) >= 11 is 0. The first-order chi connectivity index (χ1) is 7.67. The van der Waals surface area contributed by atoms with E-state index in [9.17, 15) is 4.79 Å². The van der Waals surface area contributed by atoms with Crippen molar-refractivity contribution >= 4 is 11.7 Å². The van der Waals surface area contributed by atoms with Crippen molar-refractivity contribution < 1.29 is 4.79 Å². The van der Waals surface area contributed by atoms with Gasteiger partial charge >= 0.3 is 0 Å². The van der Waals surface area contributed by atoms with Gasteiger partial charge in [-0.15, -0.1) is 10.2 Å². The number of carbonyl (C=O) groups excluding carboxylic acids is 1. The first-order valence-corrected chi connectivity index (χ1v) is 5.47. The minimum atomic E-state index is -0.221. The van der Waals surface area contributed by atoms with Crippen LogP contribution in [0.5, 0.6) is 0 Å². The summed E-state index contributed by atoms with van der Waals surface area (Å²) in [7, 11) is 1.57. The van der Waals surface area contributed by atoms with Crippen LogP contribution in [0.15, 0.2) is 12.1 Å². The van der Waals surface area contributed by atoms with Gasteiger partial charge in [0.1, 0.15) is 5.82 Å². The molecule has 0 radical (unpaired) electrons. The topological polar surface area (TPSA) is 66.9 Å². The lowest BCUT2D eigenvalue weighted by atomic mass is 10.1. The molecule has 0 aliphatic carbocycles. The van der Waals surface area contributed by atoms with Crippen LogP contribution in [0, 0.1) is 5.92 Å². The zero-order valence-corrected chi connectivity index (χ0v) is 9.95. The zero-order chi connectivity index (χ0) is 12.0. The van der Waals surface area contributed by atoms with Crippen LogP contribution in [0.2, 0.25) is 0 Å². The number of anilines is 1. The van der Waals surface area contributed by atoms with Crippen LogP contribution in [-0.2, 0) is 0 Å². The Bertz CT molecular complexity index is 336. The van der Waals surface area contributed by atoms with E-state index in [1.807, 2.05) is 0 Å². The van der Waals surface area contributed by atoms with Gasteiger partial charge in [0.05, 0.1) is 0 Å². The highest BCUT2D eigenvalue weighted by Crippen LogP contribution is 2.05. The molecule has 0 aromatic carbocycles. The molecule has 5 heteroatoms. The normalized spacial score (nSPS) is 11.9. The molecule has 0 aliphatic rings. The number of aromatic nitrogens is 2. The molecule has 0 aliphatic heterocycles. The first-order valence-electron chi connectivity index (χ1n) is 5.47. The maximum Gasteiger partial charge on any atom is 0.271 e. The molecule has 88 valence electrons. The van der Waals surface area contributed by atoms with Gasteiger partial charge in [0.15, 0.2) is 5.69 Å². The van der Waals surface area contributed by atoms with Crippen molar-refractivity contribution in [3.63, 3.8) is 0 Å². The Labute approximate surface area is 95.7 Å². The van der Waals surface area contributed by atoms with Gasteiger partial charge < -0.3 is 10.6 Å². The number of rotatable bonds is 5. The molecule has 0 spiro atoms. The van der Waals surface area contributed by atoms with Crippen LogP contribution in [0.4, 0.5) is 5.82 Å². The lowest BCUT2D eigenvalue weighted by Gasteiger charge is -2.09. The van der Waals surface area contributed by atoms with Crippen LogP contribution >= 0.6 is 0 Å². The molecule has 0 saturated heterocycles. The summed E-state index contributed by atoms with van der Waals surface area (Å²) in [4.78, 5) is 11.2. The second-order valence-electron chi connectivity index (χ2n) is 3.78. The fourth-order valence-corrected chi connectivity index (χ4v) is 1.10. The lowest BCUT2D eigenvalue weighted by Crippen LogP contribution is -2.20. The smallest absolute Gasteiger partial charge is 0.271 e. The molecule has 0 saturated carbocycles. The van der Waals surface area contributed by atoms with Crippen molar-refractivity contribution in [2.75, 3.05) is 18.9 Å². The quantitative estimate of drug-likeness (QED) is 0.788. The highest BCUT2D eigenvalue weighted by molar-refractivity contribution is 5.91. The number of nitrogens with zero attached hydrogens (tertiary/aromatic N) is 2. The fraction of sp³-hybridized carbons (Fsp3) is 0.545. The molecule has 0 fully saturated rings. The van der Waals surface area contributed by atoms with E-state index in [1.165, 1.54) is 0 Å². The zero-order valence-electron chi connectivity index (χ0n) is 9.95. The van der Waals surface area contributed by atoms with Gasteiger partial charge in [-0.1, -0.05) is 20.3 Å². The van der Waals surface area contributed by atoms with Gasteiger partial charge in [-0.3, -0.25) is 4.79 Å². The average molecular weight is 222 g/mol. The summed E-state index contributed by atoms with van der Waals surface area (Å²) in [6, 6.07) is 3.42. The number of carbonyl (C=O) groups is 1. The maximum absolute atomic E-state index is 11.2. The van der Waals surface area contributed by atoms with E-state index < -0.39 is 0 Å². The molecule has 16 heavy (non-hydrogen) atoms. The van der Waals surface area contributed by atoms with Crippen molar-refractivity contribution in [1.29, 1.82) is 0 Å². The third-order valence-corrected chi connectivity index (χ3v) is 2.45. The van der Waals surface area contributed by atoms with Gasteiger partial charge in [-0.05, 0) is 18.1 Å². The van der Waals surface area contributed by atoms with Crippen LogP contribution < -0.4 is 10.6 Å². The van der Waals surface area contributed by atoms with Crippen molar-refractivity contribution in [3.8, 4) is 0 Å². The molecule has 1 unspecified atom stereocenters. The van der Waals surface area contributed by atoms with E-state index in [0.29, 0.717) is 17.4 Å². The summed E-state index contributed by atoms with van der Waals surface area (Å²) in [5.74, 6) is 1.08. The third-order valence-electron chi connectivity index (χ3n) is 2.45. The highest BCUT2D eigenvalue weighted by Gasteiger charge is 2.05. The average Bonchev–Trinajstić information content (AvgIpc) is 2.35. The van der Waals surface area contributed by atoms with E-state index in [2.05, 4.69) is 34.7 Å². The minimum absolute atomic E-state index is 0.221. The Morgan fingerprint density at radius 1 is 1.44 bits per heavy atom. The molecule has 1 aromatic rings. The second-order valence-corrected chi connectivity index (χ2v) is 3.78. The predicted molar refractivity (Wildman–Crippen MR) is 63.4 cm³/mol. The van der Waals surface area contributed by atoms with Gasteiger partial charge in [0.2, 0.25) is 0 Å². The van der Waals surface area contributed by atoms with Crippen LogP contribution in [-0.4, -0.2) is 29.7 Å². The van der Waals surface area contributed by atoms with Crippen molar-refractivity contribution in [3.05, 3.63) is 17.8 Å². The lowest BCUT2D eigenvalue weighted by molar-refractivity contribution is 0.0957. The number of amides is 1. The minimum Gasteiger partial charge on any atom is -0.368 e. The summed E-state index contributed by atoms with van der Waals surface area (Å²) in [5, 5.41) is 13.4. The number of nitrogens with one attached hydrogen (secondary N) is 2. The van der Waals surface area contributed by atoms with E-state index >= 15 is 0 Å². The Hall–Kier alpha value is -1.65. The van der Waals surface area contributed by atoms with Gasteiger partial charge in [0.25, 0.3) is 5.91 Å². The molecule has 1 amide bonds. The summed E-state index contributed by atoms with van der Waals surface area (Å²) in [5.41, 5.74) is 0.330. The second kappa shape index (κ2) is 6.05.